The Labute approximate surface area is 105 Å². The number of rotatable bonds is 1. The fourth-order valence-electron chi connectivity index (χ4n) is 1.64. The molecule has 0 fully saturated rings. The fraction of sp³-hybridized carbons (Fsp3) is 0. The highest BCUT2D eigenvalue weighted by atomic mass is 79.9. The van der Waals surface area contributed by atoms with Crippen molar-refractivity contribution in [3.63, 3.8) is 0 Å². The third kappa shape index (κ3) is 1.66. The van der Waals surface area contributed by atoms with E-state index in [0.717, 1.165) is 15.7 Å². The standard InChI is InChI=1S/C11H8BrN5/c12-9-2-1-7(13)5-8(9)11-16-15-10-3-4-14-6-17(10)11/h1-6H,13H2. The summed E-state index contributed by atoms with van der Waals surface area (Å²) in [6.45, 7) is 0. The van der Waals surface area contributed by atoms with Crippen LogP contribution < -0.4 is 5.73 Å². The molecule has 0 saturated heterocycles. The van der Waals surface area contributed by atoms with Gasteiger partial charge in [0.15, 0.2) is 11.5 Å². The van der Waals surface area contributed by atoms with Crippen LogP contribution in [-0.2, 0) is 0 Å². The lowest BCUT2D eigenvalue weighted by molar-refractivity contribution is 1.08. The predicted octanol–water partition coefficient (Wildman–Crippen LogP) is 2.14. The summed E-state index contributed by atoms with van der Waals surface area (Å²) < 4.78 is 2.74. The molecule has 2 aromatic heterocycles. The van der Waals surface area contributed by atoms with E-state index < -0.39 is 0 Å². The maximum Gasteiger partial charge on any atom is 0.170 e. The van der Waals surface area contributed by atoms with Gasteiger partial charge in [-0.2, -0.15) is 0 Å². The topological polar surface area (TPSA) is 69.1 Å². The lowest BCUT2D eigenvalue weighted by Crippen LogP contribution is -1.93. The van der Waals surface area contributed by atoms with Crippen LogP contribution in [0, 0.1) is 0 Å². The third-order valence-electron chi connectivity index (χ3n) is 2.45. The summed E-state index contributed by atoms with van der Waals surface area (Å²) >= 11 is 3.48. The van der Waals surface area contributed by atoms with Crippen molar-refractivity contribution in [1.29, 1.82) is 0 Å². The second-order valence-electron chi connectivity index (χ2n) is 3.57. The van der Waals surface area contributed by atoms with Crippen molar-refractivity contribution in [1.82, 2.24) is 19.6 Å². The van der Waals surface area contributed by atoms with Crippen molar-refractivity contribution in [2.24, 2.45) is 0 Å². The molecule has 0 aliphatic heterocycles. The molecule has 0 bridgehead atoms. The number of nitrogens with two attached hydrogens (primary N) is 1. The number of fused-ring (bicyclic) bond motifs is 1. The van der Waals surface area contributed by atoms with Crippen molar-refractivity contribution >= 4 is 27.3 Å². The Hall–Kier alpha value is -1.95. The summed E-state index contributed by atoms with van der Waals surface area (Å²) in [6.07, 6.45) is 3.36. The molecule has 0 amide bonds. The quantitative estimate of drug-likeness (QED) is 0.697. The molecule has 2 heterocycles. The smallest absolute Gasteiger partial charge is 0.170 e. The largest absolute Gasteiger partial charge is 0.399 e. The molecular formula is C11H8BrN5. The maximum atomic E-state index is 5.78. The first-order valence-corrected chi connectivity index (χ1v) is 5.75. The van der Waals surface area contributed by atoms with E-state index in [2.05, 4.69) is 31.1 Å². The van der Waals surface area contributed by atoms with E-state index in [0.29, 0.717) is 11.5 Å². The molecule has 0 radical (unpaired) electrons. The van der Waals surface area contributed by atoms with E-state index in [4.69, 9.17) is 5.73 Å². The van der Waals surface area contributed by atoms with E-state index in [1.54, 1.807) is 18.6 Å². The van der Waals surface area contributed by atoms with Gasteiger partial charge >= 0.3 is 0 Å². The van der Waals surface area contributed by atoms with Crippen LogP contribution in [0.25, 0.3) is 17.0 Å². The van der Waals surface area contributed by atoms with Crippen LogP contribution in [0.1, 0.15) is 0 Å². The Morgan fingerprint density at radius 2 is 2.06 bits per heavy atom. The van der Waals surface area contributed by atoms with Crippen molar-refractivity contribution in [3.8, 4) is 11.4 Å². The van der Waals surface area contributed by atoms with Crippen LogP contribution in [0.5, 0.6) is 0 Å². The number of hydrogen-bond donors (Lipinski definition) is 1. The number of halogens is 1. The fourth-order valence-corrected chi connectivity index (χ4v) is 2.07. The number of nitrogen functional groups attached to an aromatic ring is 1. The van der Waals surface area contributed by atoms with E-state index >= 15 is 0 Å². The zero-order chi connectivity index (χ0) is 11.8. The Morgan fingerprint density at radius 3 is 2.94 bits per heavy atom. The Balaban J connectivity index is 2.31. The molecule has 0 spiro atoms. The monoisotopic (exact) mass is 289 g/mol. The Morgan fingerprint density at radius 1 is 1.18 bits per heavy atom. The molecule has 0 atom stereocenters. The van der Waals surface area contributed by atoms with Gasteiger partial charge in [-0.05, 0) is 18.2 Å². The molecule has 5 nitrogen and oxygen atoms in total. The van der Waals surface area contributed by atoms with Crippen LogP contribution in [0.3, 0.4) is 0 Å². The highest BCUT2D eigenvalue weighted by Gasteiger charge is 2.11. The predicted molar refractivity (Wildman–Crippen MR) is 68.3 cm³/mol. The first-order valence-electron chi connectivity index (χ1n) is 4.96. The number of hydrogen-bond acceptors (Lipinski definition) is 4. The number of anilines is 1. The minimum absolute atomic E-state index is 0.684. The van der Waals surface area contributed by atoms with Gasteiger partial charge in [0.2, 0.25) is 0 Å². The molecule has 0 unspecified atom stereocenters. The van der Waals surface area contributed by atoms with Gasteiger partial charge in [0.1, 0.15) is 6.33 Å². The van der Waals surface area contributed by atoms with E-state index in [-0.39, 0.29) is 0 Å². The molecule has 0 saturated carbocycles. The van der Waals surface area contributed by atoms with Crippen molar-refractivity contribution in [2.45, 2.75) is 0 Å². The summed E-state index contributed by atoms with van der Waals surface area (Å²) in [4.78, 5) is 4.06. The summed E-state index contributed by atoms with van der Waals surface area (Å²) in [5.41, 5.74) is 8.12. The Bertz CT molecular complexity index is 691. The molecule has 1 aromatic carbocycles. The van der Waals surface area contributed by atoms with Gasteiger partial charge in [0.05, 0.1) is 0 Å². The zero-order valence-electron chi connectivity index (χ0n) is 8.71. The van der Waals surface area contributed by atoms with E-state index in [9.17, 15) is 0 Å². The molecule has 0 aliphatic carbocycles. The van der Waals surface area contributed by atoms with Crippen LogP contribution in [-0.4, -0.2) is 19.6 Å². The summed E-state index contributed by atoms with van der Waals surface area (Å²) in [6, 6.07) is 7.38. The van der Waals surface area contributed by atoms with Gasteiger partial charge in [0.25, 0.3) is 0 Å². The molecule has 0 aliphatic rings. The number of benzene rings is 1. The molecule has 17 heavy (non-hydrogen) atoms. The van der Waals surface area contributed by atoms with Gasteiger partial charge in [-0.3, -0.25) is 4.40 Å². The minimum atomic E-state index is 0.684. The second-order valence-corrected chi connectivity index (χ2v) is 4.43. The van der Waals surface area contributed by atoms with Gasteiger partial charge in [0, 0.05) is 28.0 Å². The lowest BCUT2D eigenvalue weighted by Gasteiger charge is -2.03. The van der Waals surface area contributed by atoms with Crippen molar-refractivity contribution in [3.05, 3.63) is 41.3 Å². The van der Waals surface area contributed by atoms with Crippen LogP contribution in [0.15, 0.2) is 41.3 Å². The van der Waals surface area contributed by atoms with E-state index in [1.807, 2.05) is 22.6 Å². The summed E-state index contributed by atoms with van der Waals surface area (Å²) in [7, 11) is 0. The van der Waals surface area contributed by atoms with Gasteiger partial charge in [-0.1, -0.05) is 15.9 Å². The number of nitrogens with zero attached hydrogens (tertiary/aromatic N) is 4. The first-order chi connectivity index (χ1) is 8.25. The first kappa shape index (κ1) is 10.2. The van der Waals surface area contributed by atoms with Gasteiger partial charge in [-0.25, -0.2) is 4.98 Å². The highest BCUT2D eigenvalue weighted by molar-refractivity contribution is 9.10. The molecule has 3 aromatic rings. The van der Waals surface area contributed by atoms with Crippen LogP contribution >= 0.6 is 15.9 Å². The van der Waals surface area contributed by atoms with Crippen molar-refractivity contribution in [2.75, 3.05) is 5.73 Å². The van der Waals surface area contributed by atoms with Gasteiger partial charge < -0.3 is 5.73 Å². The van der Waals surface area contributed by atoms with Crippen LogP contribution in [0.4, 0.5) is 5.69 Å². The second kappa shape index (κ2) is 3.81. The zero-order valence-corrected chi connectivity index (χ0v) is 10.3. The van der Waals surface area contributed by atoms with E-state index in [1.165, 1.54) is 0 Å². The molecular weight excluding hydrogens is 282 g/mol. The minimum Gasteiger partial charge on any atom is -0.399 e. The molecule has 84 valence electrons. The highest BCUT2D eigenvalue weighted by Crippen LogP contribution is 2.28. The summed E-state index contributed by atoms with van der Waals surface area (Å²) in [5, 5.41) is 8.23. The molecule has 3 rings (SSSR count). The normalized spacial score (nSPS) is 10.9. The average Bonchev–Trinajstić information content (AvgIpc) is 2.76. The molecule has 2 N–H and O–H groups in total. The summed E-state index contributed by atoms with van der Waals surface area (Å²) in [5.74, 6) is 0.715. The number of aromatic nitrogens is 4. The maximum absolute atomic E-state index is 5.78. The van der Waals surface area contributed by atoms with Crippen LogP contribution in [0.2, 0.25) is 0 Å². The van der Waals surface area contributed by atoms with Gasteiger partial charge in [-0.15, -0.1) is 10.2 Å². The Kier molecular flexibility index (Phi) is 2.29. The molecule has 6 heteroatoms. The SMILES string of the molecule is Nc1ccc(Br)c(-c2nnc3ccncn23)c1. The average molecular weight is 290 g/mol. The third-order valence-corrected chi connectivity index (χ3v) is 3.14. The van der Waals surface area contributed by atoms with Crippen molar-refractivity contribution < 1.29 is 0 Å². The lowest BCUT2D eigenvalue weighted by atomic mass is 10.2.